The third kappa shape index (κ3) is 2.92. The van der Waals surface area contributed by atoms with Gasteiger partial charge in [0, 0.05) is 0 Å². The summed E-state index contributed by atoms with van der Waals surface area (Å²) in [4.78, 5) is -0.329. The van der Waals surface area contributed by atoms with Crippen LogP contribution in [0.25, 0.3) is 6.08 Å². The first kappa shape index (κ1) is 14.0. The Morgan fingerprint density at radius 3 is 2.20 bits per heavy atom. The average molecular weight is 287 g/mol. The molecule has 0 unspecified atom stereocenters. The van der Waals surface area contributed by atoms with E-state index in [0.717, 1.165) is 0 Å². The van der Waals surface area contributed by atoms with Crippen molar-refractivity contribution >= 4 is 15.9 Å². The van der Waals surface area contributed by atoms with Gasteiger partial charge in [0.05, 0.1) is 4.90 Å². The Labute approximate surface area is 116 Å². The highest BCUT2D eigenvalue weighted by molar-refractivity contribution is 7.95. The lowest BCUT2D eigenvalue weighted by atomic mass is 10.2. The van der Waals surface area contributed by atoms with Gasteiger partial charge >= 0.3 is 0 Å². The molecule has 0 spiro atoms. The van der Waals surface area contributed by atoms with E-state index < -0.39 is 15.7 Å². The van der Waals surface area contributed by atoms with Crippen molar-refractivity contribution in [2.24, 2.45) is 0 Å². The van der Waals surface area contributed by atoms with Crippen LogP contribution >= 0.6 is 0 Å². The fourth-order valence-electron chi connectivity index (χ4n) is 1.61. The molecule has 0 heterocycles. The minimum absolute atomic E-state index is 0.0508. The molecule has 5 heteroatoms. The molecule has 0 N–H and O–H groups in total. The van der Waals surface area contributed by atoms with E-state index in [9.17, 15) is 12.8 Å². The van der Waals surface area contributed by atoms with Gasteiger partial charge in [-0.15, -0.1) is 0 Å². The van der Waals surface area contributed by atoms with Crippen molar-refractivity contribution in [1.82, 2.24) is 0 Å². The van der Waals surface area contributed by atoms with Crippen LogP contribution < -0.4 is 0 Å². The van der Waals surface area contributed by atoms with Crippen molar-refractivity contribution < 1.29 is 12.8 Å². The molecule has 20 heavy (non-hydrogen) atoms. The van der Waals surface area contributed by atoms with Gasteiger partial charge in [-0.2, -0.15) is 5.26 Å². The first-order valence-corrected chi connectivity index (χ1v) is 7.20. The largest absolute Gasteiger partial charge is 0.218 e. The lowest BCUT2D eigenvalue weighted by Crippen LogP contribution is -2.03. The quantitative estimate of drug-likeness (QED) is 0.815. The number of hydrogen-bond acceptors (Lipinski definition) is 3. The topological polar surface area (TPSA) is 57.9 Å². The predicted octanol–water partition coefficient (Wildman–Crippen LogP) is 3.16. The number of rotatable bonds is 3. The molecular weight excluding hydrogens is 277 g/mol. The Morgan fingerprint density at radius 1 is 1.05 bits per heavy atom. The summed E-state index contributed by atoms with van der Waals surface area (Å²) < 4.78 is 37.3. The van der Waals surface area contributed by atoms with Gasteiger partial charge < -0.3 is 0 Å². The van der Waals surface area contributed by atoms with Crippen LogP contribution in [0.3, 0.4) is 0 Å². The van der Waals surface area contributed by atoms with Crippen LogP contribution in [0.4, 0.5) is 4.39 Å². The normalized spacial score (nSPS) is 11.9. The van der Waals surface area contributed by atoms with E-state index in [4.69, 9.17) is 5.26 Å². The van der Waals surface area contributed by atoms with Crippen molar-refractivity contribution in [1.29, 1.82) is 5.26 Å². The number of sulfone groups is 1. The lowest BCUT2D eigenvalue weighted by molar-refractivity contribution is 0.603. The Bertz CT molecular complexity index is 773. The first-order valence-electron chi connectivity index (χ1n) is 5.71. The zero-order valence-corrected chi connectivity index (χ0v) is 11.1. The maximum atomic E-state index is 12.8. The van der Waals surface area contributed by atoms with Crippen molar-refractivity contribution in [3.8, 4) is 6.07 Å². The van der Waals surface area contributed by atoms with Crippen LogP contribution in [0.15, 0.2) is 64.4 Å². The number of hydrogen-bond donors (Lipinski definition) is 0. The Hall–Kier alpha value is -2.45. The van der Waals surface area contributed by atoms with Crippen LogP contribution in [0.2, 0.25) is 0 Å². The number of halogens is 1. The van der Waals surface area contributed by atoms with Crippen LogP contribution in [-0.4, -0.2) is 8.42 Å². The highest BCUT2D eigenvalue weighted by Crippen LogP contribution is 2.20. The van der Waals surface area contributed by atoms with Crippen LogP contribution in [0, 0.1) is 17.1 Å². The van der Waals surface area contributed by atoms with Gasteiger partial charge in [-0.3, -0.25) is 0 Å². The average Bonchev–Trinajstić information content (AvgIpc) is 2.47. The third-order valence-electron chi connectivity index (χ3n) is 2.62. The number of nitrogens with zero attached hydrogens (tertiary/aromatic N) is 1. The molecule has 0 aliphatic heterocycles. The Balaban J connectivity index is 2.48. The molecule has 0 bridgehead atoms. The van der Waals surface area contributed by atoms with Crippen LogP contribution in [-0.2, 0) is 9.84 Å². The van der Waals surface area contributed by atoms with Crippen molar-refractivity contribution in [3.63, 3.8) is 0 Å². The molecule has 2 aromatic rings. The molecule has 0 saturated heterocycles. The van der Waals surface area contributed by atoms with Gasteiger partial charge in [-0.1, -0.05) is 30.3 Å². The Morgan fingerprint density at radius 2 is 1.65 bits per heavy atom. The predicted molar refractivity (Wildman–Crippen MR) is 73.6 cm³/mol. The van der Waals surface area contributed by atoms with Crippen LogP contribution in [0.5, 0.6) is 0 Å². The van der Waals surface area contributed by atoms with Gasteiger partial charge in [-0.25, -0.2) is 12.8 Å². The van der Waals surface area contributed by atoms with Crippen LogP contribution in [0.1, 0.15) is 5.56 Å². The summed E-state index contributed by atoms with van der Waals surface area (Å²) >= 11 is 0. The number of nitriles is 1. The maximum absolute atomic E-state index is 12.8. The van der Waals surface area contributed by atoms with Gasteiger partial charge in [-0.05, 0) is 35.9 Å². The van der Waals surface area contributed by atoms with Gasteiger partial charge in [0.1, 0.15) is 16.8 Å². The fraction of sp³-hybridized carbons (Fsp3) is 0. The van der Waals surface area contributed by atoms with E-state index >= 15 is 0 Å². The summed E-state index contributed by atoms with van der Waals surface area (Å²) in [5.41, 5.74) is 0.447. The monoisotopic (exact) mass is 287 g/mol. The van der Waals surface area contributed by atoms with E-state index in [0.29, 0.717) is 5.56 Å². The van der Waals surface area contributed by atoms with Crippen molar-refractivity contribution in [2.75, 3.05) is 0 Å². The van der Waals surface area contributed by atoms with Gasteiger partial charge in [0.25, 0.3) is 0 Å². The molecule has 0 amide bonds. The van der Waals surface area contributed by atoms with E-state index in [-0.39, 0.29) is 9.80 Å². The molecule has 0 saturated carbocycles. The van der Waals surface area contributed by atoms with Crippen molar-refractivity contribution in [2.45, 2.75) is 4.90 Å². The highest BCUT2D eigenvalue weighted by atomic mass is 32.2. The number of allylic oxidation sites excluding steroid dienone is 1. The second-order valence-electron chi connectivity index (χ2n) is 3.99. The zero-order valence-electron chi connectivity index (χ0n) is 10.3. The Kier molecular flexibility index (Phi) is 3.97. The van der Waals surface area contributed by atoms with Gasteiger partial charge in [0.15, 0.2) is 0 Å². The first-order chi connectivity index (χ1) is 9.54. The molecule has 0 atom stereocenters. The van der Waals surface area contributed by atoms with E-state index in [1.165, 1.54) is 42.5 Å². The second-order valence-corrected chi connectivity index (χ2v) is 5.91. The summed E-state index contributed by atoms with van der Waals surface area (Å²) in [7, 11) is -3.85. The molecule has 0 aliphatic carbocycles. The fourth-order valence-corrected chi connectivity index (χ4v) is 2.79. The molecule has 0 fully saturated rings. The lowest BCUT2D eigenvalue weighted by Gasteiger charge is -2.02. The molecule has 100 valence electrons. The third-order valence-corrected chi connectivity index (χ3v) is 4.30. The standard InChI is InChI=1S/C15H10FNO2S/c16-13-8-6-12(7-9-13)10-15(11-17)20(18,19)14-4-2-1-3-5-14/h1-10H/b15-10-. The molecule has 3 nitrogen and oxygen atoms in total. The molecule has 0 aliphatic rings. The van der Waals surface area contributed by atoms with Crippen molar-refractivity contribution in [3.05, 3.63) is 70.9 Å². The molecule has 0 aromatic heterocycles. The maximum Gasteiger partial charge on any atom is 0.216 e. The molecule has 2 rings (SSSR count). The minimum Gasteiger partial charge on any atom is -0.218 e. The smallest absolute Gasteiger partial charge is 0.216 e. The summed E-state index contributed by atoms with van der Waals surface area (Å²) in [6.07, 6.45) is 1.22. The summed E-state index contributed by atoms with van der Waals surface area (Å²) in [5, 5.41) is 9.07. The molecule has 0 radical (unpaired) electrons. The summed E-state index contributed by atoms with van der Waals surface area (Å²) in [5.74, 6) is -0.424. The number of benzene rings is 2. The van der Waals surface area contributed by atoms with E-state index in [2.05, 4.69) is 0 Å². The SMILES string of the molecule is N#C/C(=C/c1ccc(F)cc1)S(=O)(=O)c1ccccc1. The zero-order chi connectivity index (χ0) is 14.6. The highest BCUT2D eigenvalue weighted by Gasteiger charge is 2.20. The minimum atomic E-state index is -3.85. The second kappa shape index (κ2) is 5.68. The van der Waals surface area contributed by atoms with Gasteiger partial charge in [0.2, 0.25) is 9.84 Å². The molecule has 2 aromatic carbocycles. The van der Waals surface area contributed by atoms with E-state index in [1.807, 2.05) is 0 Å². The summed E-state index contributed by atoms with van der Waals surface area (Å²) in [6.45, 7) is 0. The molecular formula is C15H10FNO2S. The summed E-state index contributed by atoms with van der Waals surface area (Å²) in [6, 6.07) is 14.6. The van der Waals surface area contributed by atoms with E-state index in [1.54, 1.807) is 24.3 Å².